The van der Waals surface area contributed by atoms with E-state index in [1.807, 2.05) is 13.0 Å². The van der Waals surface area contributed by atoms with Gasteiger partial charge < -0.3 is 15.0 Å². The van der Waals surface area contributed by atoms with Crippen LogP contribution in [0.3, 0.4) is 0 Å². The van der Waals surface area contributed by atoms with Crippen LogP contribution in [0.4, 0.5) is 5.69 Å². The van der Waals surface area contributed by atoms with E-state index in [2.05, 4.69) is 5.32 Å². The molecule has 3 rings (SSSR count). The molecular formula is C22H16ClN3O3. The maximum Gasteiger partial charge on any atom is 0.335 e. The Kier molecular flexibility index (Phi) is 5.82. The van der Waals surface area contributed by atoms with Gasteiger partial charge >= 0.3 is 5.97 Å². The van der Waals surface area contributed by atoms with Crippen molar-refractivity contribution in [2.45, 2.75) is 6.92 Å². The summed E-state index contributed by atoms with van der Waals surface area (Å²) < 4.78 is 1.75. The summed E-state index contributed by atoms with van der Waals surface area (Å²) >= 11 is 5.98. The molecule has 1 heterocycles. The number of carbonyl (C=O) groups is 2. The molecule has 0 unspecified atom stereocenters. The Morgan fingerprint density at radius 3 is 2.55 bits per heavy atom. The van der Waals surface area contributed by atoms with E-state index in [9.17, 15) is 14.9 Å². The standard InChI is InChI=1S/C22H16ClN3O3/c1-14-4-7-17(23)12-20(14)25-21(27)16(13-24)11-19-3-2-10-26(19)18-8-5-15(6-9-18)22(28)29/h2-12H,1H3,(H,25,27)(H,28,29)/b16-11+. The smallest absolute Gasteiger partial charge is 0.335 e. The number of hydrogen-bond donors (Lipinski definition) is 2. The summed E-state index contributed by atoms with van der Waals surface area (Å²) in [5.41, 5.74) is 2.75. The Balaban J connectivity index is 1.89. The summed E-state index contributed by atoms with van der Waals surface area (Å²) in [6.45, 7) is 1.83. The van der Waals surface area contributed by atoms with Crippen LogP contribution in [0.2, 0.25) is 5.02 Å². The summed E-state index contributed by atoms with van der Waals surface area (Å²) in [6.07, 6.45) is 3.23. The van der Waals surface area contributed by atoms with Crippen molar-refractivity contribution in [2.75, 3.05) is 5.32 Å². The minimum atomic E-state index is -1.01. The van der Waals surface area contributed by atoms with Gasteiger partial charge in [0.2, 0.25) is 0 Å². The van der Waals surface area contributed by atoms with Gasteiger partial charge in [-0.3, -0.25) is 4.79 Å². The lowest BCUT2D eigenvalue weighted by Crippen LogP contribution is -2.14. The molecule has 1 aromatic heterocycles. The predicted octanol–water partition coefficient (Wildman–Crippen LogP) is 4.68. The summed E-state index contributed by atoms with van der Waals surface area (Å²) in [4.78, 5) is 23.6. The molecule has 7 heteroatoms. The highest BCUT2D eigenvalue weighted by molar-refractivity contribution is 6.31. The number of carboxylic acid groups (broad SMARTS) is 1. The van der Waals surface area contributed by atoms with Crippen LogP contribution in [-0.4, -0.2) is 21.6 Å². The van der Waals surface area contributed by atoms with E-state index >= 15 is 0 Å². The van der Waals surface area contributed by atoms with E-state index in [0.29, 0.717) is 22.1 Å². The van der Waals surface area contributed by atoms with E-state index in [0.717, 1.165) is 5.56 Å². The quantitative estimate of drug-likeness (QED) is 0.475. The zero-order chi connectivity index (χ0) is 21.0. The van der Waals surface area contributed by atoms with Crippen molar-refractivity contribution >= 4 is 35.2 Å². The van der Waals surface area contributed by atoms with E-state index in [-0.39, 0.29) is 11.1 Å². The predicted molar refractivity (Wildman–Crippen MR) is 111 cm³/mol. The molecule has 0 aliphatic heterocycles. The highest BCUT2D eigenvalue weighted by Crippen LogP contribution is 2.22. The number of benzene rings is 2. The Labute approximate surface area is 172 Å². The summed E-state index contributed by atoms with van der Waals surface area (Å²) in [7, 11) is 0. The summed E-state index contributed by atoms with van der Waals surface area (Å²) in [5.74, 6) is -1.56. The monoisotopic (exact) mass is 405 g/mol. The molecule has 0 saturated carbocycles. The molecule has 0 spiro atoms. The number of aromatic nitrogens is 1. The first-order valence-electron chi connectivity index (χ1n) is 8.59. The van der Waals surface area contributed by atoms with E-state index in [1.54, 1.807) is 53.2 Å². The molecule has 0 aliphatic carbocycles. The number of amides is 1. The van der Waals surface area contributed by atoms with Crippen molar-refractivity contribution < 1.29 is 14.7 Å². The Hall–Kier alpha value is -3.82. The molecule has 0 saturated heterocycles. The number of carboxylic acids is 1. The van der Waals surface area contributed by atoms with Gasteiger partial charge in [0.05, 0.1) is 5.56 Å². The number of aromatic carboxylic acids is 1. The fraction of sp³-hybridized carbons (Fsp3) is 0.0455. The van der Waals surface area contributed by atoms with E-state index in [1.165, 1.54) is 18.2 Å². The molecule has 0 radical (unpaired) electrons. The lowest BCUT2D eigenvalue weighted by atomic mass is 10.1. The molecule has 2 aromatic carbocycles. The second-order valence-electron chi connectivity index (χ2n) is 6.24. The van der Waals surface area contributed by atoms with Crippen LogP contribution in [0.1, 0.15) is 21.6 Å². The van der Waals surface area contributed by atoms with Gasteiger partial charge in [0, 0.05) is 28.3 Å². The largest absolute Gasteiger partial charge is 0.478 e. The Morgan fingerprint density at radius 2 is 1.90 bits per heavy atom. The number of carbonyl (C=O) groups excluding carboxylic acids is 1. The van der Waals surface area contributed by atoms with Gasteiger partial charge in [0.15, 0.2) is 0 Å². The molecule has 0 atom stereocenters. The number of nitrogens with one attached hydrogen (secondary N) is 1. The maximum absolute atomic E-state index is 12.6. The number of nitrogens with zero attached hydrogens (tertiary/aromatic N) is 2. The van der Waals surface area contributed by atoms with Crippen LogP contribution in [0.15, 0.2) is 66.4 Å². The number of halogens is 1. The molecule has 1 amide bonds. The first kappa shape index (κ1) is 19.9. The third-order valence-electron chi connectivity index (χ3n) is 4.28. The van der Waals surface area contributed by atoms with Gasteiger partial charge in [0.25, 0.3) is 5.91 Å². The third-order valence-corrected chi connectivity index (χ3v) is 4.51. The summed E-state index contributed by atoms with van der Waals surface area (Å²) in [5, 5.41) is 21.7. The highest BCUT2D eigenvalue weighted by Gasteiger charge is 2.13. The molecule has 2 N–H and O–H groups in total. The molecule has 29 heavy (non-hydrogen) atoms. The molecule has 0 bridgehead atoms. The zero-order valence-corrected chi connectivity index (χ0v) is 16.1. The highest BCUT2D eigenvalue weighted by atomic mass is 35.5. The third kappa shape index (κ3) is 4.54. The molecule has 3 aromatic rings. The molecule has 6 nitrogen and oxygen atoms in total. The van der Waals surface area contributed by atoms with Crippen LogP contribution < -0.4 is 5.32 Å². The molecule has 0 aliphatic rings. The first-order chi connectivity index (χ1) is 13.9. The van der Waals surface area contributed by atoms with Gasteiger partial charge in [0.1, 0.15) is 11.6 Å². The van der Waals surface area contributed by atoms with Crippen LogP contribution >= 0.6 is 11.6 Å². The van der Waals surface area contributed by atoms with Crippen molar-refractivity contribution in [3.8, 4) is 11.8 Å². The van der Waals surface area contributed by atoms with Crippen molar-refractivity contribution in [3.05, 3.63) is 88.2 Å². The van der Waals surface area contributed by atoms with Gasteiger partial charge in [-0.2, -0.15) is 5.26 Å². The number of hydrogen-bond acceptors (Lipinski definition) is 3. The lowest BCUT2D eigenvalue weighted by molar-refractivity contribution is -0.112. The average Bonchev–Trinajstić information content (AvgIpc) is 3.17. The van der Waals surface area contributed by atoms with Gasteiger partial charge in [-0.25, -0.2) is 4.79 Å². The summed E-state index contributed by atoms with van der Waals surface area (Å²) in [6, 6.07) is 16.9. The normalized spacial score (nSPS) is 11.0. The molecule has 144 valence electrons. The zero-order valence-electron chi connectivity index (χ0n) is 15.4. The van der Waals surface area contributed by atoms with E-state index < -0.39 is 11.9 Å². The lowest BCUT2D eigenvalue weighted by Gasteiger charge is -2.09. The van der Waals surface area contributed by atoms with Crippen LogP contribution in [-0.2, 0) is 4.79 Å². The average molecular weight is 406 g/mol. The Bertz CT molecular complexity index is 1150. The van der Waals surface area contributed by atoms with Gasteiger partial charge in [-0.15, -0.1) is 0 Å². The number of anilines is 1. The number of aryl methyl sites for hydroxylation is 1. The van der Waals surface area contributed by atoms with Crippen molar-refractivity contribution in [2.24, 2.45) is 0 Å². The van der Waals surface area contributed by atoms with Gasteiger partial charge in [-0.1, -0.05) is 17.7 Å². The van der Waals surface area contributed by atoms with Crippen LogP contribution in [0, 0.1) is 18.3 Å². The molecule has 0 fully saturated rings. The van der Waals surface area contributed by atoms with Crippen LogP contribution in [0.5, 0.6) is 0 Å². The first-order valence-corrected chi connectivity index (χ1v) is 8.97. The SMILES string of the molecule is Cc1ccc(Cl)cc1NC(=O)/C(C#N)=C/c1cccn1-c1ccc(C(=O)O)cc1. The minimum absolute atomic E-state index is 0.0773. The van der Waals surface area contributed by atoms with E-state index in [4.69, 9.17) is 16.7 Å². The second-order valence-corrected chi connectivity index (χ2v) is 6.67. The fourth-order valence-electron chi connectivity index (χ4n) is 2.73. The van der Waals surface area contributed by atoms with Crippen molar-refractivity contribution in [1.29, 1.82) is 5.26 Å². The topological polar surface area (TPSA) is 95.1 Å². The second kappa shape index (κ2) is 8.46. The number of rotatable bonds is 5. The number of nitriles is 1. The molecular weight excluding hydrogens is 390 g/mol. The minimum Gasteiger partial charge on any atom is -0.478 e. The fourth-order valence-corrected chi connectivity index (χ4v) is 2.90. The van der Waals surface area contributed by atoms with Crippen molar-refractivity contribution in [3.63, 3.8) is 0 Å². The van der Waals surface area contributed by atoms with Crippen molar-refractivity contribution in [1.82, 2.24) is 4.57 Å². The van der Waals surface area contributed by atoms with Crippen LogP contribution in [0.25, 0.3) is 11.8 Å². The maximum atomic E-state index is 12.6. The van der Waals surface area contributed by atoms with Gasteiger partial charge in [-0.05, 0) is 67.1 Å². The Morgan fingerprint density at radius 1 is 1.17 bits per heavy atom.